The van der Waals surface area contributed by atoms with Gasteiger partial charge in [-0.25, -0.2) is 9.97 Å². The molecule has 0 radical (unpaired) electrons. The number of rotatable bonds is 8. The molecule has 3 heterocycles. The fourth-order valence-electron chi connectivity index (χ4n) is 4.20. The molecular formula is C26H28N8O4. The van der Waals surface area contributed by atoms with Gasteiger partial charge in [-0.2, -0.15) is 0 Å². The van der Waals surface area contributed by atoms with Crippen LogP contribution in [0, 0.1) is 11.8 Å². The van der Waals surface area contributed by atoms with Crippen LogP contribution in [0.2, 0.25) is 0 Å². The first-order valence-corrected chi connectivity index (χ1v) is 12.1. The predicted molar refractivity (Wildman–Crippen MR) is 140 cm³/mol. The molecule has 1 saturated carbocycles. The number of benzene rings is 1. The van der Waals surface area contributed by atoms with Crippen LogP contribution in [-0.2, 0) is 9.59 Å². The van der Waals surface area contributed by atoms with Crippen molar-refractivity contribution < 1.29 is 23.2 Å². The van der Waals surface area contributed by atoms with Crippen molar-refractivity contribution in [3.8, 4) is 17.1 Å². The monoisotopic (exact) mass is 519 g/mol. The Hall–Kier alpha value is -4.61. The summed E-state index contributed by atoms with van der Waals surface area (Å²) in [5, 5.41) is 15.4. The molecule has 2 aliphatic rings. The lowest BCUT2D eigenvalue weighted by molar-refractivity contribution is -0.120. The van der Waals surface area contributed by atoms with Gasteiger partial charge in [-0.1, -0.05) is 13.0 Å². The van der Waals surface area contributed by atoms with Crippen molar-refractivity contribution in [2.45, 2.75) is 26.2 Å². The minimum Gasteiger partial charge on any atom is -0.494 e. The second kappa shape index (κ2) is 10.4. The first-order chi connectivity index (χ1) is 19.5. The summed E-state index contributed by atoms with van der Waals surface area (Å²) in [5.41, 5.74) is 1.29. The van der Waals surface area contributed by atoms with E-state index >= 15 is 0 Å². The van der Waals surface area contributed by atoms with Crippen LogP contribution >= 0.6 is 0 Å². The molecule has 2 aromatic heterocycles. The number of carbonyl (C=O) groups is 3. The zero-order chi connectivity index (χ0) is 29.3. The number of methoxy groups -OCH3 is 1. The molecule has 3 aromatic rings. The van der Waals surface area contributed by atoms with Crippen LogP contribution in [0.15, 0.2) is 36.7 Å². The summed E-state index contributed by atoms with van der Waals surface area (Å²) in [6.45, 7) is -0.263. The van der Waals surface area contributed by atoms with Gasteiger partial charge in [0, 0.05) is 35.5 Å². The number of hydrogen-bond acceptors (Lipinski definition) is 9. The lowest BCUT2D eigenvalue weighted by Gasteiger charge is -2.17. The molecule has 1 aliphatic carbocycles. The van der Waals surface area contributed by atoms with E-state index in [9.17, 15) is 14.4 Å². The van der Waals surface area contributed by atoms with Crippen molar-refractivity contribution >= 4 is 40.6 Å². The molecule has 0 spiro atoms. The van der Waals surface area contributed by atoms with Gasteiger partial charge in [0.1, 0.15) is 0 Å². The molecule has 3 amide bonds. The number of anilines is 4. The summed E-state index contributed by atoms with van der Waals surface area (Å²) in [7, 11) is 1.46. The minimum atomic E-state index is -2.76. The Bertz CT molecular complexity index is 1500. The lowest BCUT2D eigenvalue weighted by atomic mass is 10.1. The van der Waals surface area contributed by atoms with Crippen LogP contribution < -0.4 is 25.6 Å². The Morgan fingerprint density at radius 1 is 1.13 bits per heavy atom. The van der Waals surface area contributed by atoms with E-state index in [0.29, 0.717) is 35.1 Å². The van der Waals surface area contributed by atoms with Crippen molar-refractivity contribution in [2.75, 3.05) is 36.2 Å². The number of para-hydroxylation sites is 1. The number of hydrogen-bond donors (Lipinski definition) is 3. The van der Waals surface area contributed by atoms with Gasteiger partial charge in [0.2, 0.25) is 11.8 Å². The highest BCUT2D eigenvalue weighted by Gasteiger charge is 2.31. The maximum absolute atomic E-state index is 12.8. The number of nitrogens with one attached hydrogen (secondary N) is 3. The number of nitrogens with zero attached hydrogens (tertiary/aromatic N) is 5. The van der Waals surface area contributed by atoms with Crippen LogP contribution in [-0.4, -0.2) is 58.5 Å². The molecule has 1 unspecified atom stereocenters. The first-order valence-electron chi connectivity index (χ1n) is 13.6. The predicted octanol–water partition coefficient (Wildman–Crippen LogP) is 2.77. The van der Waals surface area contributed by atoms with Gasteiger partial charge in [0.05, 0.1) is 42.1 Å². The van der Waals surface area contributed by atoms with Crippen LogP contribution in [0.4, 0.5) is 22.9 Å². The molecule has 1 atom stereocenters. The molecule has 12 nitrogen and oxygen atoms in total. The lowest BCUT2D eigenvalue weighted by Crippen LogP contribution is -2.26. The fourth-order valence-corrected chi connectivity index (χ4v) is 4.20. The average molecular weight is 520 g/mol. The third-order valence-corrected chi connectivity index (χ3v) is 6.47. The maximum Gasteiger partial charge on any atom is 0.273 e. The summed E-state index contributed by atoms with van der Waals surface area (Å²) in [5.74, 6) is -0.559. The maximum atomic E-state index is 12.8. The Morgan fingerprint density at radius 2 is 1.92 bits per heavy atom. The number of ether oxygens (including phenoxy) is 1. The molecule has 12 heteroatoms. The van der Waals surface area contributed by atoms with Gasteiger partial charge in [-0.3, -0.25) is 14.4 Å². The standard InChI is InChI=1S/C26H28N8O4/c1-14-9-10-34(26(14)37)16-12-28-23(29-13-16)17-5-4-6-18(22(17)38-3)30-19-11-20(31-24(35)15-7-8-15)32-33-21(19)25(36)27-2/h4-6,11-15H,7-10H2,1-3H3,(H,27,36)(H2,30,31,32,35)/i2D3. The third-order valence-electron chi connectivity index (χ3n) is 6.47. The van der Waals surface area contributed by atoms with Gasteiger partial charge in [-0.05, 0) is 31.4 Å². The number of amides is 3. The summed E-state index contributed by atoms with van der Waals surface area (Å²) in [6.07, 6.45) is 5.49. The van der Waals surface area contributed by atoms with Crippen molar-refractivity contribution in [1.29, 1.82) is 0 Å². The quantitative estimate of drug-likeness (QED) is 0.408. The Balaban J connectivity index is 1.47. The summed E-state index contributed by atoms with van der Waals surface area (Å²) < 4.78 is 27.8. The van der Waals surface area contributed by atoms with E-state index in [4.69, 9.17) is 8.85 Å². The SMILES string of the molecule is [2H]C([2H])([2H])NC(=O)c1nnc(NC(=O)C2CC2)cc1Nc1cccc(-c2ncc(N3CCC(C)C3=O)cn2)c1OC. The highest BCUT2D eigenvalue weighted by atomic mass is 16.5. The summed E-state index contributed by atoms with van der Waals surface area (Å²) in [4.78, 5) is 48.0. The van der Waals surface area contributed by atoms with E-state index in [0.717, 1.165) is 19.3 Å². The topological polar surface area (TPSA) is 151 Å². The minimum absolute atomic E-state index is 0.0297. The number of aromatic nitrogens is 4. The Morgan fingerprint density at radius 3 is 2.58 bits per heavy atom. The Kier molecular flexibility index (Phi) is 5.88. The van der Waals surface area contributed by atoms with Gasteiger partial charge in [-0.15, -0.1) is 10.2 Å². The highest BCUT2D eigenvalue weighted by molar-refractivity contribution is 6.00. The molecule has 1 aromatic carbocycles. The molecule has 38 heavy (non-hydrogen) atoms. The van der Waals surface area contributed by atoms with Crippen molar-refractivity contribution in [3.05, 3.63) is 42.4 Å². The van der Waals surface area contributed by atoms with Gasteiger partial charge < -0.3 is 25.6 Å². The number of carbonyl (C=O) groups excluding carboxylic acids is 3. The van der Waals surface area contributed by atoms with E-state index < -0.39 is 12.9 Å². The largest absolute Gasteiger partial charge is 0.494 e. The molecular weight excluding hydrogens is 488 g/mol. The van der Waals surface area contributed by atoms with Gasteiger partial charge >= 0.3 is 0 Å². The summed E-state index contributed by atoms with van der Waals surface area (Å²) >= 11 is 0. The molecule has 1 saturated heterocycles. The van der Waals surface area contributed by atoms with Gasteiger partial charge in [0.25, 0.3) is 5.91 Å². The molecule has 3 N–H and O–H groups in total. The van der Waals surface area contributed by atoms with Crippen molar-refractivity contribution in [1.82, 2.24) is 25.5 Å². The molecule has 5 rings (SSSR count). The fraction of sp³-hybridized carbons (Fsp3) is 0.346. The first kappa shape index (κ1) is 21.5. The van der Waals surface area contributed by atoms with Crippen molar-refractivity contribution in [3.63, 3.8) is 0 Å². The smallest absolute Gasteiger partial charge is 0.273 e. The zero-order valence-electron chi connectivity index (χ0n) is 23.8. The summed E-state index contributed by atoms with van der Waals surface area (Å²) in [6, 6.07) is 6.54. The van der Waals surface area contributed by atoms with E-state index in [1.165, 1.54) is 13.2 Å². The van der Waals surface area contributed by atoms with Gasteiger partial charge in [0.15, 0.2) is 23.1 Å². The second-order valence-corrected chi connectivity index (χ2v) is 9.17. The molecule has 0 bridgehead atoms. The zero-order valence-corrected chi connectivity index (χ0v) is 20.8. The second-order valence-electron chi connectivity index (χ2n) is 9.17. The van der Waals surface area contributed by atoms with Crippen LogP contribution in [0.5, 0.6) is 5.75 Å². The third kappa shape index (κ3) is 4.97. The normalized spacial score (nSPS) is 18.3. The van der Waals surface area contributed by atoms with Crippen LogP contribution in [0.1, 0.15) is 40.8 Å². The molecule has 196 valence electrons. The van der Waals surface area contributed by atoms with Crippen LogP contribution in [0.25, 0.3) is 11.4 Å². The van der Waals surface area contributed by atoms with E-state index in [1.807, 2.05) is 12.2 Å². The average Bonchev–Trinajstić information content (AvgIpc) is 3.73. The Labute approximate surface area is 223 Å². The van der Waals surface area contributed by atoms with E-state index in [-0.39, 0.29) is 40.8 Å². The highest BCUT2D eigenvalue weighted by Crippen LogP contribution is 2.38. The molecule has 1 aliphatic heterocycles. The van der Waals surface area contributed by atoms with Crippen LogP contribution in [0.3, 0.4) is 0 Å². The van der Waals surface area contributed by atoms with E-state index in [1.54, 1.807) is 35.5 Å². The molecule has 2 fully saturated rings. The van der Waals surface area contributed by atoms with Crippen molar-refractivity contribution in [2.24, 2.45) is 11.8 Å². The van der Waals surface area contributed by atoms with E-state index in [2.05, 4.69) is 30.8 Å².